The van der Waals surface area contributed by atoms with Crippen LogP contribution in [0.2, 0.25) is 10.0 Å². The number of nitrogens with zero attached hydrogens (tertiary/aromatic N) is 2. The molecule has 3 atom stereocenters. The maximum Gasteiger partial charge on any atom is 0.241 e. The first-order chi connectivity index (χ1) is 13.8. The Bertz CT molecular complexity index is 1020. The van der Waals surface area contributed by atoms with Gasteiger partial charge < -0.3 is 4.90 Å². The standard InChI is InChI=1S/C22H20Cl2N2O2S/c1-12-18(20(27)19(25(12)3)14-7-5-4-6-8-14)26-21(28)13(2)29-22(26)16-10-9-15(23)11-17(16)24/h4-11,13,19,22H,1-3H3. The lowest BCUT2D eigenvalue weighted by molar-refractivity contribution is -0.131. The molecule has 3 unspecified atom stereocenters. The van der Waals surface area contributed by atoms with Crippen molar-refractivity contribution in [3.63, 3.8) is 0 Å². The van der Waals surface area contributed by atoms with Gasteiger partial charge in [-0.2, -0.15) is 0 Å². The summed E-state index contributed by atoms with van der Waals surface area (Å²) in [5.41, 5.74) is 2.90. The van der Waals surface area contributed by atoms with Crippen LogP contribution in [0.1, 0.15) is 36.4 Å². The molecule has 150 valence electrons. The number of carbonyl (C=O) groups is 2. The molecular formula is C22H20Cl2N2O2S. The van der Waals surface area contributed by atoms with Gasteiger partial charge in [-0.3, -0.25) is 14.5 Å². The summed E-state index contributed by atoms with van der Waals surface area (Å²) in [4.78, 5) is 30.2. The molecule has 2 aliphatic rings. The van der Waals surface area contributed by atoms with Gasteiger partial charge in [0.2, 0.25) is 11.7 Å². The third-order valence-electron chi connectivity index (χ3n) is 5.48. The number of allylic oxidation sites excluding steroid dienone is 1. The van der Waals surface area contributed by atoms with Crippen molar-refractivity contribution in [2.45, 2.75) is 30.5 Å². The van der Waals surface area contributed by atoms with Crippen LogP contribution in [0.25, 0.3) is 0 Å². The highest BCUT2D eigenvalue weighted by Gasteiger charge is 2.48. The number of likely N-dealkylation sites (N-methyl/N-ethyl adjacent to an activating group) is 1. The van der Waals surface area contributed by atoms with Gasteiger partial charge in [-0.1, -0.05) is 59.6 Å². The van der Waals surface area contributed by atoms with Gasteiger partial charge in [-0.15, -0.1) is 11.8 Å². The molecule has 7 heteroatoms. The summed E-state index contributed by atoms with van der Waals surface area (Å²) in [5, 5.41) is 0.363. The van der Waals surface area contributed by atoms with Crippen molar-refractivity contribution in [3.05, 3.63) is 81.1 Å². The Balaban J connectivity index is 1.78. The molecule has 4 rings (SSSR count). The molecule has 2 aromatic carbocycles. The summed E-state index contributed by atoms with van der Waals surface area (Å²) in [6.07, 6.45) is 0. The maximum atomic E-state index is 13.5. The molecular weight excluding hydrogens is 427 g/mol. The molecule has 1 saturated heterocycles. The quantitative estimate of drug-likeness (QED) is 0.628. The van der Waals surface area contributed by atoms with E-state index in [-0.39, 0.29) is 22.3 Å². The minimum absolute atomic E-state index is 0.0747. The monoisotopic (exact) mass is 446 g/mol. The number of hydrogen-bond donors (Lipinski definition) is 0. The third-order valence-corrected chi connectivity index (χ3v) is 7.37. The fraction of sp³-hybridized carbons (Fsp3) is 0.273. The Hall–Kier alpha value is -1.95. The van der Waals surface area contributed by atoms with Crippen molar-refractivity contribution in [3.8, 4) is 0 Å². The van der Waals surface area contributed by atoms with E-state index in [2.05, 4.69) is 0 Å². The second kappa shape index (κ2) is 7.71. The van der Waals surface area contributed by atoms with E-state index < -0.39 is 6.04 Å². The van der Waals surface area contributed by atoms with E-state index >= 15 is 0 Å². The van der Waals surface area contributed by atoms with E-state index in [4.69, 9.17) is 23.2 Å². The molecule has 29 heavy (non-hydrogen) atoms. The van der Waals surface area contributed by atoms with Crippen LogP contribution in [0.3, 0.4) is 0 Å². The van der Waals surface area contributed by atoms with E-state index in [9.17, 15) is 9.59 Å². The van der Waals surface area contributed by atoms with E-state index in [1.54, 1.807) is 17.0 Å². The fourth-order valence-corrected chi connectivity index (χ4v) is 5.79. The third kappa shape index (κ3) is 3.35. The normalized spacial score (nSPS) is 24.8. The molecule has 0 N–H and O–H groups in total. The highest BCUT2D eigenvalue weighted by molar-refractivity contribution is 8.01. The van der Waals surface area contributed by atoms with Crippen molar-refractivity contribution in [2.75, 3.05) is 7.05 Å². The zero-order chi connectivity index (χ0) is 20.9. The van der Waals surface area contributed by atoms with Crippen LogP contribution in [-0.2, 0) is 9.59 Å². The number of benzene rings is 2. The van der Waals surface area contributed by atoms with Gasteiger partial charge in [0.1, 0.15) is 17.1 Å². The Morgan fingerprint density at radius 1 is 1.03 bits per heavy atom. The van der Waals surface area contributed by atoms with Crippen molar-refractivity contribution in [1.82, 2.24) is 9.80 Å². The molecule has 1 fully saturated rings. The summed E-state index contributed by atoms with van der Waals surface area (Å²) >= 11 is 14.0. The molecule has 2 aromatic rings. The number of Topliss-reactive ketones (excluding diaryl/α,β-unsaturated/α-hetero) is 1. The van der Waals surface area contributed by atoms with Crippen molar-refractivity contribution in [2.24, 2.45) is 0 Å². The molecule has 2 heterocycles. The van der Waals surface area contributed by atoms with Crippen LogP contribution in [0.5, 0.6) is 0 Å². The first-order valence-electron chi connectivity index (χ1n) is 9.27. The summed E-state index contributed by atoms with van der Waals surface area (Å²) in [7, 11) is 1.89. The number of halogens is 2. The van der Waals surface area contributed by atoms with Gasteiger partial charge in [0.05, 0.1) is 5.25 Å². The van der Waals surface area contributed by atoms with Crippen molar-refractivity contribution >= 4 is 46.7 Å². The summed E-state index contributed by atoms with van der Waals surface area (Å²) in [5.74, 6) is -0.162. The lowest BCUT2D eigenvalue weighted by Crippen LogP contribution is -2.33. The first kappa shape index (κ1) is 20.3. The summed E-state index contributed by atoms with van der Waals surface area (Å²) in [6.45, 7) is 3.75. The van der Waals surface area contributed by atoms with Crippen LogP contribution in [0.15, 0.2) is 59.9 Å². The van der Waals surface area contributed by atoms with Gasteiger partial charge in [0.25, 0.3) is 0 Å². The molecule has 0 radical (unpaired) electrons. The number of amides is 1. The Labute approximate surface area is 184 Å². The maximum absolute atomic E-state index is 13.5. The van der Waals surface area contributed by atoms with Crippen LogP contribution >= 0.6 is 35.0 Å². The molecule has 2 aliphatic heterocycles. The second-order valence-corrected chi connectivity index (χ2v) is 9.50. The average molecular weight is 447 g/mol. The highest BCUT2D eigenvalue weighted by atomic mass is 35.5. The van der Waals surface area contributed by atoms with Gasteiger partial charge in [0.15, 0.2) is 0 Å². The number of carbonyl (C=O) groups excluding carboxylic acids is 2. The minimum atomic E-state index is -0.443. The number of rotatable bonds is 3. The summed E-state index contributed by atoms with van der Waals surface area (Å²) < 4.78 is 0. The Kier molecular flexibility index (Phi) is 5.40. The predicted molar refractivity (Wildman–Crippen MR) is 118 cm³/mol. The smallest absolute Gasteiger partial charge is 0.241 e. The van der Waals surface area contributed by atoms with E-state index in [0.717, 1.165) is 16.8 Å². The number of hydrogen-bond acceptors (Lipinski definition) is 4. The number of thioether (sulfide) groups is 1. The van der Waals surface area contributed by atoms with Crippen LogP contribution in [0, 0.1) is 0 Å². The zero-order valence-electron chi connectivity index (χ0n) is 16.2. The second-order valence-electron chi connectivity index (χ2n) is 7.23. The zero-order valence-corrected chi connectivity index (χ0v) is 18.6. The molecule has 0 bridgehead atoms. The van der Waals surface area contributed by atoms with Gasteiger partial charge in [-0.05, 0) is 31.5 Å². The van der Waals surface area contributed by atoms with Crippen LogP contribution in [0.4, 0.5) is 0 Å². The minimum Gasteiger partial charge on any atom is -0.362 e. The lowest BCUT2D eigenvalue weighted by Gasteiger charge is -2.26. The molecule has 0 spiro atoms. The van der Waals surface area contributed by atoms with E-state index in [1.165, 1.54) is 11.8 Å². The molecule has 4 nitrogen and oxygen atoms in total. The molecule has 1 amide bonds. The lowest BCUT2D eigenvalue weighted by atomic mass is 10.0. The van der Waals surface area contributed by atoms with Crippen molar-refractivity contribution < 1.29 is 9.59 Å². The van der Waals surface area contributed by atoms with Crippen molar-refractivity contribution in [1.29, 1.82) is 0 Å². The molecule has 0 aliphatic carbocycles. The predicted octanol–water partition coefficient (Wildman–Crippen LogP) is 5.44. The average Bonchev–Trinajstić information content (AvgIpc) is 3.09. The van der Waals surface area contributed by atoms with Gasteiger partial charge in [-0.25, -0.2) is 0 Å². The van der Waals surface area contributed by atoms with E-state index in [0.29, 0.717) is 15.7 Å². The SMILES string of the molecule is CC1=C(N2C(=O)C(C)SC2c2ccc(Cl)cc2Cl)C(=O)C(c2ccccc2)N1C. The highest BCUT2D eigenvalue weighted by Crippen LogP contribution is 2.50. The topological polar surface area (TPSA) is 40.6 Å². The van der Waals surface area contributed by atoms with Crippen LogP contribution < -0.4 is 0 Å². The van der Waals surface area contributed by atoms with Gasteiger partial charge in [0, 0.05) is 28.4 Å². The largest absolute Gasteiger partial charge is 0.362 e. The van der Waals surface area contributed by atoms with E-state index in [1.807, 2.05) is 62.2 Å². The number of ketones is 1. The summed E-state index contributed by atoms with van der Waals surface area (Å²) in [6, 6.07) is 14.4. The molecule has 0 aromatic heterocycles. The Morgan fingerprint density at radius 2 is 1.72 bits per heavy atom. The first-order valence-corrected chi connectivity index (χ1v) is 11.0. The van der Waals surface area contributed by atoms with Crippen LogP contribution in [-0.4, -0.2) is 33.8 Å². The molecule has 0 saturated carbocycles. The fourth-order valence-electron chi connectivity index (χ4n) is 3.91. The van der Waals surface area contributed by atoms with Gasteiger partial charge >= 0.3 is 0 Å². The Morgan fingerprint density at radius 3 is 2.38 bits per heavy atom.